The van der Waals surface area contributed by atoms with E-state index in [1.165, 1.54) is 32.1 Å². The molecule has 0 spiro atoms. The first-order chi connectivity index (χ1) is 8.31. The monoisotopic (exact) mass is 310 g/mol. The molecule has 0 saturated heterocycles. The molecule has 0 aromatic heterocycles. The van der Waals surface area contributed by atoms with Crippen LogP contribution in [0.15, 0.2) is 11.8 Å². The summed E-state index contributed by atoms with van der Waals surface area (Å²) in [5.74, 6) is 0.351. The van der Waals surface area contributed by atoms with E-state index in [4.69, 9.17) is 0 Å². The van der Waals surface area contributed by atoms with Crippen LogP contribution in [0.4, 0.5) is 0 Å². The first-order valence-electron chi connectivity index (χ1n) is 7.08. The van der Waals surface area contributed by atoms with E-state index in [9.17, 15) is 5.11 Å². The Morgan fingerprint density at radius 2 is 1.33 bits per heavy atom. The van der Waals surface area contributed by atoms with Gasteiger partial charge in [0.15, 0.2) is 0 Å². The van der Waals surface area contributed by atoms with Crippen LogP contribution >= 0.6 is 0 Å². The Balaban J connectivity index is -0.000000177. The first-order valence-corrected chi connectivity index (χ1v) is 7.08. The molecule has 0 aromatic carbocycles. The largest absolute Gasteiger partial charge is 0.876 e. The SMILES string of the molecule is CCCCC/C=C(/[O-])CCCCC.[CH2]C.[CH2]C.[Ga]. The number of allylic oxidation sites excluding steroid dienone is 2. The molecule has 2 heteroatoms. The van der Waals surface area contributed by atoms with Crippen LogP contribution in [0.5, 0.6) is 0 Å². The average Bonchev–Trinajstić information content (AvgIpc) is 2.40. The molecule has 0 heterocycles. The molecule has 0 aliphatic heterocycles. The summed E-state index contributed by atoms with van der Waals surface area (Å²) in [6, 6.07) is 0. The molecule has 1 nitrogen and oxygen atoms in total. The molecule has 0 unspecified atom stereocenters. The Bertz CT molecular complexity index is 133. The zero-order valence-corrected chi connectivity index (χ0v) is 15.6. The summed E-state index contributed by atoms with van der Waals surface area (Å²) in [5, 5.41) is 11.2. The van der Waals surface area contributed by atoms with Crippen LogP contribution in [-0.2, 0) is 0 Å². The zero-order valence-electron chi connectivity index (χ0n) is 13.1. The van der Waals surface area contributed by atoms with E-state index in [1.807, 2.05) is 6.08 Å². The van der Waals surface area contributed by atoms with Crippen molar-refractivity contribution in [2.45, 2.75) is 79.1 Å². The summed E-state index contributed by atoms with van der Waals surface area (Å²) >= 11 is 0. The van der Waals surface area contributed by atoms with E-state index in [-0.39, 0.29) is 19.8 Å². The molecule has 0 aliphatic rings. The van der Waals surface area contributed by atoms with Gasteiger partial charge in [-0.1, -0.05) is 79.7 Å². The topological polar surface area (TPSA) is 23.1 Å². The van der Waals surface area contributed by atoms with Crippen molar-refractivity contribution >= 4 is 19.8 Å². The standard InChI is InChI=1S/C12H24O.2C2H5.Ga/c1-3-5-7-9-11-12(13)10-8-6-4-2;2*1-2;/h11,13H,3-10H2,1-2H3;2*1H2,2H3;/p-1/b12-11+;;;. The van der Waals surface area contributed by atoms with Crippen molar-refractivity contribution in [2.24, 2.45) is 0 Å². The Morgan fingerprint density at radius 3 is 1.78 bits per heavy atom. The van der Waals surface area contributed by atoms with Crippen molar-refractivity contribution in [3.05, 3.63) is 25.7 Å². The average molecular weight is 311 g/mol. The van der Waals surface area contributed by atoms with Crippen LogP contribution < -0.4 is 5.11 Å². The van der Waals surface area contributed by atoms with Crippen molar-refractivity contribution in [1.82, 2.24) is 0 Å². The fourth-order valence-electron chi connectivity index (χ4n) is 1.31. The zero-order chi connectivity index (χ0) is 13.9. The van der Waals surface area contributed by atoms with E-state index >= 15 is 0 Å². The normalized spacial score (nSPS) is 9.33. The van der Waals surface area contributed by atoms with Gasteiger partial charge in [-0.2, -0.15) is 0 Å². The van der Waals surface area contributed by atoms with Gasteiger partial charge in [0.25, 0.3) is 0 Å². The number of hydrogen-bond donors (Lipinski definition) is 0. The molecule has 0 amide bonds. The molecule has 0 aromatic rings. The third-order valence-electron chi connectivity index (χ3n) is 2.21. The van der Waals surface area contributed by atoms with Gasteiger partial charge in [0.1, 0.15) is 0 Å². The van der Waals surface area contributed by atoms with Crippen LogP contribution in [0.3, 0.4) is 0 Å². The van der Waals surface area contributed by atoms with Crippen LogP contribution in [-0.4, -0.2) is 19.8 Å². The van der Waals surface area contributed by atoms with Gasteiger partial charge in [-0.05, 0) is 19.3 Å². The minimum absolute atomic E-state index is 0. The van der Waals surface area contributed by atoms with Gasteiger partial charge < -0.3 is 5.11 Å². The van der Waals surface area contributed by atoms with Crippen molar-refractivity contribution < 1.29 is 5.11 Å². The molecule has 0 saturated carbocycles. The predicted octanol–water partition coefficient (Wildman–Crippen LogP) is 4.69. The van der Waals surface area contributed by atoms with Crippen LogP contribution in [0.2, 0.25) is 0 Å². The van der Waals surface area contributed by atoms with Gasteiger partial charge in [-0.15, -0.1) is 5.76 Å². The van der Waals surface area contributed by atoms with Gasteiger partial charge in [0.2, 0.25) is 0 Å². The molecule has 0 atom stereocenters. The molecule has 0 bridgehead atoms. The van der Waals surface area contributed by atoms with E-state index in [1.54, 1.807) is 13.8 Å². The van der Waals surface area contributed by atoms with Gasteiger partial charge in [0, 0.05) is 19.8 Å². The Hall–Kier alpha value is 0.176. The number of hydrogen-bond acceptors (Lipinski definition) is 1. The summed E-state index contributed by atoms with van der Waals surface area (Å²) in [6.07, 6.45) is 10.7. The summed E-state index contributed by atoms with van der Waals surface area (Å²) < 4.78 is 0. The van der Waals surface area contributed by atoms with Crippen molar-refractivity contribution in [3.8, 4) is 0 Å². The fourth-order valence-corrected chi connectivity index (χ4v) is 1.31. The number of unbranched alkanes of at least 4 members (excludes halogenated alkanes) is 5. The maximum absolute atomic E-state index is 11.2. The molecule has 18 heavy (non-hydrogen) atoms. The maximum atomic E-state index is 11.2. The Morgan fingerprint density at radius 1 is 0.889 bits per heavy atom. The minimum Gasteiger partial charge on any atom is -0.876 e. The molecule has 5 radical (unpaired) electrons. The van der Waals surface area contributed by atoms with Crippen molar-refractivity contribution in [2.75, 3.05) is 0 Å². The molecule has 0 fully saturated rings. The van der Waals surface area contributed by atoms with Crippen molar-refractivity contribution in [3.63, 3.8) is 0 Å². The second kappa shape index (κ2) is 30.3. The predicted molar refractivity (Wildman–Crippen MR) is 84.2 cm³/mol. The Labute approximate surface area is 130 Å². The second-order valence-corrected chi connectivity index (χ2v) is 3.62. The fraction of sp³-hybridized carbons (Fsp3) is 0.750. The van der Waals surface area contributed by atoms with Crippen LogP contribution in [0.25, 0.3) is 0 Å². The van der Waals surface area contributed by atoms with Gasteiger partial charge in [-0.3, -0.25) is 0 Å². The Kier molecular flexibility index (Phi) is 44.9. The van der Waals surface area contributed by atoms with E-state index in [2.05, 4.69) is 27.7 Å². The van der Waals surface area contributed by atoms with E-state index < -0.39 is 0 Å². The summed E-state index contributed by atoms with van der Waals surface area (Å²) in [4.78, 5) is 0. The van der Waals surface area contributed by atoms with Crippen LogP contribution in [0, 0.1) is 13.8 Å². The quantitative estimate of drug-likeness (QED) is 0.362. The van der Waals surface area contributed by atoms with E-state index in [0.29, 0.717) is 5.76 Å². The smallest absolute Gasteiger partial charge is 0 e. The minimum atomic E-state index is 0. The first kappa shape index (κ1) is 26.7. The molecule has 0 rings (SSSR count). The third-order valence-corrected chi connectivity index (χ3v) is 2.21. The third kappa shape index (κ3) is 29.8. The van der Waals surface area contributed by atoms with E-state index in [0.717, 1.165) is 19.3 Å². The van der Waals surface area contributed by atoms with Crippen LogP contribution in [0.1, 0.15) is 79.1 Å². The summed E-state index contributed by atoms with van der Waals surface area (Å²) in [5.41, 5.74) is 0. The molecule has 0 N–H and O–H groups in total. The molecular weight excluding hydrogens is 278 g/mol. The maximum Gasteiger partial charge on any atom is 0 e. The second-order valence-electron chi connectivity index (χ2n) is 3.62. The van der Waals surface area contributed by atoms with Gasteiger partial charge in [0.05, 0.1) is 0 Å². The molecule has 107 valence electrons. The molecular formula is C16H33GaO-. The van der Waals surface area contributed by atoms with Gasteiger partial charge >= 0.3 is 0 Å². The van der Waals surface area contributed by atoms with Crippen molar-refractivity contribution in [1.29, 1.82) is 0 Å². The summed E-state index contributed by atoms with van der Waals surface area (Å²) in [7, 11) is 0. The molecule has 0 aliphatic carbocycles. The van der Waals surface area contributed by atoms with Gasteiger partial charge in [-0.25, -0.2) is 0 Å². The number of rotatable bonds is 8. The summed E-state index contributed by atoms with van der Waals surface area (Å²) in [6.45, 7) is 14.3.